The first kappa shape index (κ1) is 13.9. The minimum atomic E-state index is -0.275. The predicted molar refractivity (Wildman–Crippen MR) is 84.2 cm³/mol. The summed E-state index contributed by atoms with van der Waals surface area (Å²) in [6, 6.07) is 16.7. The number of anilines is 1. The normalized spacial score (nSPS) is 10.2. The molecule has 5 nitrogen and oxygen atoms in total. The Morgan fingerprint density at radius 3 is 2.55 bits per heavy atom. The number of ether oxygens (including phenoxy) is 1. The molecule has 0 fully saturated rings. The van der Waals surface area contributed by atoms with E-state index in [1.165, 1.54) is 6.33 Å². The zero-order chi connectivity index (χ0) is 15.4. The van der Waals surface area contributed by atoms with Crippen molar-refractivity contribution >= 4 is 11.6 Å². The number of aryl methyl sites for hydroxylation is 1. The molecule has 0 saturated carbocycles. The van der Waals surface area contributed by atoms with Crippen LogP contribution in [0.4, 0.5) is 5.69 Å². The van der Waals surface area contributed by atoms with Gasteiger partial charge >= 0.3 is 0 Å². The summed E-state index contributed by atoms with van der Waals surface area (Å²) in [7, 11) is 0. The zero-order valence-electron chi connectivity index (χ0n) is 12.0. The van der Waals surface area contributed by atoms with Crippen LogP contribution in [0.2, 0.25) is 0 Å². The number of rotatable bonds is 4. The Morgan fingerprint density at radius 2 is 1.82 bits per heavy atom. The van der Waals surface area contributed by atoms with Crippen LogP contribution < -0.4 is 10.1 Å². The molecule has 0 atom stereocenters. The summed E-state index contributed by atoms with van der Waals surface area (Å²) >= 11 is 0. The molecule has 3 aromatic rings. The maximum atomic E-state index is 12.3. The number of para-hydroxylation sites is 3. The minimum Gasteiger partial charge on any atom is -0.455 e. The van der Waals surface area contributed by atoms with Crippen molar-refractivity contribution < 1.29 is 9.53 Å². The van der Waals surface area contributed by atoms with E-state index in [0.29, 0.717) is 22.9 Å². The molecule has 2 N–H and O–H groups in total. The molecule has 0 aliphatic rings. The van der Waals surface area contributed by atoms with Gasteiger partial charge < -0.3 is 15.0 Å². The number of hydrogen-bond donors (Lipinski definition) is 2. The van der Waals surface area contributed by atoms with Crippen LogP contribution in [0.1, 0.15) is 16.2 Å². The van der Waals surface area contributed by atoms with Crippen LogP contribution in [0.3, 0.4) is 0 Å². The number of nitrogens with zero attached hydrogens (tertiary/aromatic N) is 1. The van der Waals surface area contributed by atoms with Gasteiger partial charge in [-0.1, -0.05) is 30.3 Å². The molecule has 22 heavy (non-hydrogen) atoms. The number of aromatic nitrogens is 2. The van der Waals surface area contributed by atoms with Gasteiger partial charge in [-0.05, 0) is 31.2 Å². The van der Waals surface area contributed by atoms with Gasteiger partial charge in [0.15, 0.2) is 5.75 Å². The van der Waals surface area contributed by atoms with E-state index in [2.05, 4.69) is 15.3 Å². The molecule has 0 unspecified atom stereocenters. The highest BCUT2D eigenvalue weighted by molar-refractivity contribution is 6.04. The molecule has 0 bridgehead atoms. The smallest absolute Gasteiger partial charge is 0.276 e. The van der Waals surface area contributed by atoms with Crippen LogP contribution in [-0.2, 0) is 0 Å². The standard InChI is InChI=1S/C17H15N3O2/c1-12-16(19-11-18-12)17(21)20-14-9-5-6-10-15(14)22-13-7-3-2-4-8-13/h2-11H,1H3,(H,18,19)(H,20,21). The lowest BCUT2D eigenvalue weighted by molar-refractivity contribution is 0.102. The molecule has 3 rings (SSSR count). The van der Waals surface area contributed by atoms with Crippen molar-refractivity contribution in [1.29, 1.82) is 0 Å². The Balaban J connectivity index is 1.83. The summed E-state index contributed by atoms with van der Waals surface area (Å²) in [5.74, 6) is 1.01. The Hall–Kier alpha value is -3.08. The number of benzene rings is 2. The number of hydrogen-bond acceptors (Lipinski definition) is 3. The van der Waals surface area contributed by atoms with E-state index >= 15 is 0 Å². The van der Waals surface area contributed by atoms with E-state index in [1.54, 1.807) is 19.1 Å². The second-order valence-electron chi connectivity index (χ2n) is 4.74. The van der Waals surface area contributed by atoms with Crippen molar-refractivity contribution in [2.45, 2.75) is 6.92 Å². The van der Waals surface area contributed by atoms with Crippen molar-refractivity contribution in [3.05, 3.63) is 72.3 Å². The molecule has 2 aromatic carbocycles. The summed E-state index contributed by atoms with van der Waals surface area (Å²) in [5.41, 5.74) is 1.69. The highest BCUT2D eigenvalue weighted by Gasteiger charge is 2.14. The van der Waals surface area contributed by atoms with Crippen LogP contribution >= 0.6 is 0 Å². The summed E-state index contributed by atoms with van der Waals surface area (Å²) in [4.78, 5) is 19.2. The number of carbonyl (C=O) groups excluding carboxylic acids is 1. The quantitative estimate of drug-likeness (QED) is 0.769. The Bertz CT molecular complexity index is 781. The topological polar surface area (TPSA) is 67.0 Å². The third-order valence-electron chi connectivity index (χ3n) is 3.15. The molecule has 1 aromatic heterocycles. The Kier molecular flexibility index (Phi) is 3.87. The fourth-order valence-corrected chi connectivity index (χ4v) is 2.04. The number of H-pyrrole nitrogens is 1. The molecule has 1 heterocycles. The van der Waals surface area contributed by atoms with Gasteiger partial charge in [0.25, 0.3) is 5.91 Å². The number of imidazole rings is 1. The summed E-state index contributed by atoms with van der Waals surface area (Å²) < 4.78 is 5.82. The van der Waals surface area contributed by atoms with Crippen LogP contribution in [-0.4, -0.2) is 15.9 Å². The average molecular weight is 293 g/mol. The SMILES string of the molecule is Cc1[nH]cnc1C(=O)Nc1ccccc1Oc1ccccc1. The van der Waals surface area contributed by atoms with Gasteiger partial charge in [-0.3, -0.25) is 4.79 Å². The number of amides is 1. The van der Waals surface area contributed by atoms with Crippen molar-refractivity contribution in [1.82, 2.24) is 9.97 Å². The van der Waals surface area contributed by atoms with Crippen molar-refractivity contribution in [3.8, 4) is 11.5 Å². The van der Waals surface area contributed by atoms with Crippen LogP contribution in [0.15, 0.2) is 60.9 Å². The van der Waals surface area contributed by atoms with Gasteiger partial charge in [0.2, 0.25) is 0 Å². The number of carbonyl (C=O) groups is 1. The minimum absolute atomic E-state index is 0.275. The maximum Gasteiger partial charge on any atom is 0.276 e. The molecule has 0 saturated heterocycles. The second-order valence-corrected chi connectivity index (χ2v) is 4.74. The van der Waals surface area contributed by atoms with E-state index in [0.717, 1.165) is 5.69 Å². The molecule has 1 amide bonds. The van der Waals surface area contributed by atoms with E-state index < -0.39 is 0 Å². The Labute approximate surface area is 128 Å². The molecular formula is C17H15N3O2. The van der Waals surface area contributed by atoms with Gasteiger partial charge in [-0.15, -0.1) is 0 Å². The van der Waals surface area contributed by atoms with E-state index in [1.807, 2.05) is 42.5 Å². The average Bonchev–Trinajstić information content (AvgIpc) is 2.96. The van der Waals surface area contributed by atoms with E-state index in [9.17, 15) is 4.79 Å². The maximum absolute atomic E-state index is 12.3. The predicted octanol–water partition coefficient (Wildman–Crippen LogP) is 3.76. The van der Waals surface area contributed by atoms with Crippen molar-refractivity contribution in [2.75, 3.05) is 5.32 Å². The third kappa shape index (κ3) is 2.98. The van der Waals surface area contributed by atoms with Gasteiger partial charge in [-0.2, -0.15) is 0 Å². The van der Waals surface area contributed by atoms with Gasteiger partial charge in [0, 0.05) is 5.69 Å². The summed E-state index contributed by atoms with van der Waals surface area (Å²) in [6.07, 6.45) is 1.50. The third-order valence-corrected chi connectivity index (χ3v) is 3.15. The van der Waals surface area contributed by atoms with Crippen molar-refractivity contribution in [2.24, 2.45) is 0 Å². The van der Waals surface area contributed by atoms with Crippen LogP contribution in [0.25, 0.3) is 0 Å². The van der Waals surface area contributed by atoms with Crippen LogP contribution in [0, 0.1) is 6.92 Å². The van der Waals surface area contributed by atoms with Crippen LogP contribution in [0.5, 0.6) is 11.5 Å². The molecule has 110 valence electrons. The largest absolute Gasteiger partial charge is 0.455 e. The molecule has 0 spiro atoms. The molecule has 0 aliphatic carbocycles. The summed E-state index contributed by atoms with van der Waals surface area (Å²) in [5, 5.41) is 2.83. The second kappa shape index (κ2) is 6.13. The zero-order valence-corrected chi connectivity index (χ0v) is 12.0. The fraction of sp³-hybridized carbons (Fsp3) is 0.0588. The number of aromatic amines is 1. The molecule has 0 aliphatic heterocycles. The fourth-order valence-electron chi connectivity index (χ4n) is 2.04. The van der Waals surface area contributed by atoms with Gasteiger partial charge in [-0.25, -0.2) is 4.98 Å². The lowest BCUT2D eigenvalue weighted by Gasteiger charge is -2.11. The Morgan fingerprint density at radius 1 is 1.09 bits per heavy atom. The van der Waals surface area contributed by atoms with Gasteiger partial charge in [0.05, 0.1) is 12.0 Å². The van der Waals surface area contributed by atoms with E-state index in [4.69, 9.17) is 4.74 Å². The lowest BCUT2D eigenvalue weighted by Crippen LogP contribution is -2.14. The molecule has 5 heteroatoms. The van der Waals surface area contributed by atoms with Gasteiger partial charge in [0.1, 0.15) is 11.4 Å². The lowest BCUT2D eigenvalue weighted by atomic mass is 10.2. The molecule has 0 radical (unpaired) electrons. The molecular weight excluding hydrogens is 278 g/mol. The highest BCUT2D eigenvalue weighted by Crippen LogP contribution is 2.29. The first-order chi connectivity index (χ1) is 10.7. The highest BCUT2D eigenvalue weighted by atomic mass is 16.5. The first-order valence-electron chi connectivity index (χ1n) is 6.87. The summed E-state index contributed by atoms with van der Waals surface area (Å²) in [6.45, 7) is 1.80. The van der Waals surface area contributed by atoms with Crippen molar-refractivity contribution in [3.63, 3.8) is 0 Å². The monoisotopic (exact) mass is 293 g/mol. The first-order valence-corrected chi connectivity index (χ1v) is 6.87. The van der Waals surface area contributed by atoms with E-state index in [-0.39, 0.29) is 5.91 Å². The number of nitrogens with one attached hydrogen (secondary N) is 2.